The zero-order valence-corrected chi connectivity index (χ0v) is 16.3. The van der Waals surface area contributed by atoms with E-state index in [1.54, 1.807) is 0 Å². The molecule has 156 valence electrons. The molecule has 2 aliphatic rings. The Morgan fingerprint density at radius 1 is 1.19 bits per heavy atom. The highest BCUT2D eigenvalue weighted by molar-refractivity contribution is 5.75. The van der Waals surface area contributed by atoms with E-state index in [1.165, 1.54) is 6.92 Å². The fraction of sp³-hybridized carbons (Fsp3) is 0.842. The third-order valence-electron chi connectivity index (χ3n) is 5.64. The van der Waals surface area contributed by atoms with Crippen molar-refractivity contribution in [3.05, 3.63) is 11.1 Å². The molecule has 0 saturated carbocycles. The van der Waals surface area contributed by atoms with Crippen LogP contribution in [-0.4, -0.2) is 80.8 Å². The normalized spacial score (nSPS) is 39.5. The average molecular weight is 388 g/mol. The molecule has 7 atom stereocenters. The molecule has 1 saturated heterocycles. The lowest BCUT2D eigenvalue weighted by Crippen LogP contribution is -2.60. The number of Topliss-reactive ketones (excluding diaryl/α,β-unsaturated/α-hetero) is 1. The fourth-order valence-corrected chi connectivity index (χ4v) is 4.10. The maximum absolute atomic E-state index is 11.4. The van der Waals surface area contributed by atoms with Crippen LogP contribution in [0.15, 0.2) is 11.1 Å². The molecule has 0 spiro atoms. The number of ketones is 1. The summed E-state index contributed by atoms with van der Waals surface area (Å²) in [5, 5.41) is 49.9. The molecule has 1 aliphatic heterocycles. The van der Waals surface area contributed by atoms with Gasteiger partial charge in [-0.15, -0.1) is 0 Å². The molecular formula is C19H32O8. The zero-order valence-electron chi connectivity index (χ0n) is 16.3. The van der Waals surface area contributed by atoms with Crippen molar-refractivity contribution in [1.82, 2.24) is 0 Å². The van der Waals surface area contributed by atoms with E-state index in [0.29, 0.717) is 19.3 Å². The van der Waals surface area contributed by atoms with Crippen LogP contribution in [0.5, 0.6) is 0 Å². The van der Waals surface area contributed by atoms with Crippen molar-refractivity contribution in [3.8, 4) is 0 Å². The Kier molecular flexibility index (Phi) is 7.18. The molecule has 5 N–H and O–H groups in total. The molecule has 0 amide bonds. The quantitative estimate of drug-likeness (QED) is 0.390. The Morgan fingerprint density at radius 2 is 1.81 bits per heavy atom. The van der Waals surface area contributed by atoms with Crippen LogP contribution in [0.1, 0.15) is 47.0 Å². The summed E-state index contributed by atoms with van der Waals surface area (Å²) in [5.74, 6) is 0.0728. The van der Waals surface area contributed by atoms with Gasteiger partial charge in [0.05, 0.1) is 12.7 Å². The maximum Gasteiger partial charge on any atom is 0.187 e. The van der Waals surface area contributed by atoms with E-state index in [4.69, 9.17) is 9.47 Å². The third-order valence-corrected chi connectivity index (χ3v) is 5.64. The summed E-state index contributed by atoms with van der Waals surface area (Å²) in [7, 11) is 0. The van der Waals surface area contributed by atoms with Gasteiger partial charge in [0.25, 0.3) is 0 Å². The molecule has 8 nitrogen and oxygen atoms in total. The summed E-state index contributed by atoms with van der Waals surface area (Å²) < 4.78 is 11.2. The highest BCUT2D eigenvalue weighted by Crippen LogP contribution is 2.44. The zero-order chi connectivity index (χ0) is 20.5. The van der Waals surface area contributed by atoms with Crippen molar-refractivity contribution in [1.29, 1.82) is 0 Å². The predicted octanol–water partition coefficient (Wildman–Crippen LogP) is -0.352. The number of carbonyl (C=O) groups excluding carboxylic acids is 1. The van der Waals surface area contributed by atoms with Gasteiger partial charge in [-0.3, -0.25) is 0 Å². The van der Waals surface area contributed by atoms with Gasteiger partial charge in [0.15, 0.2) is 6.29 Å². The van der Waals surface area contributed by atoms with Crippen LogP contribution in [0, 0.1) is 5.41 Å². The molecule has 1 heterocycles. The smallest absolute Gasteiger partial charge is 0.187 e. The van der Waals surface area contributed by atoms with Crippen molar-refractivity contribution in [2.45, 2.75) is 89.9 Å². The number of allylic oxidation sites excluding steroid dienone is 1. The van der Waals surface area contributed by atoms with Gasteiger partial charge in [0.1, 0.15) is 36.3 Å². The number of ether oxygens (including phenoxy) is 2. The number of hydrogen-bond acceptors (Lipinski definition) is 8. The Labute approximate surface area is 159 Å². The van der Waals surface area contributed by atoms with E-state index in [2.05, 4.69) is 0 Å². The van der Waals surface area contributed by atoms with Crippen LogP contribution in [0.3, 0.4) is 0 Å². The van der Waals surface area contributed by atoms with Crippen molar-refractivity contribution in [2.24, 2.45) is 5.41 Å². The summed E-state index contributed by atoms with van der Waals surface area (Å²) in [4.78, 5) is 11.4. The minimum absolute atomic E-state index is 0.0728. The summed E-state index contributed by atoms with van der Waals surface area (Å²) in [5.41, 5.74) is 1.46. The van der Waals surface area contributed by atoms with E-state index in [0.717, 1.165) is 11.1 Å². The standard InChI is InChI=1S/C19H32O8/c1-9(21)5-6-11-10(2)17(12(22)7-19(11,3)4)27-18-16(25)15(24)14(23)13(8-20)26-18/h12-18,20,22-25H,5-8H2,1-4H3/t12-,13-,14-,15+,16-,17-,18+/m1/s1. The van der Waals surface area contributed by atoms with Gasteiger partial charge in [-0.2, -0.15) is 0 Å². The molecule has 27 heavy (non-hydrogen) atoms. The summed E-state index contributed by atoms with van der Waals surface area (Å²) >= 11 is 0. The SMILES string of the molecule is CC(=O)CCC1=C(C)[C@@H](O[C@@H]2O[C@H](CO)[C@@H](O)[C@H](O)[C@H]2O)[C@H](O)CC1(C)C. The lowest BCUT2D eigenvalue weighted by Gasteiger charge is -2.45. The summed E-state index contributed by atoms with van der Waals surface area (Å²) in [6.07, 6.45) is -7.25. The van der Waals surface area contributed by atoms with Crippen molar-refractivity contribution >= 4 is 5.78 Å². The van der Waals surface area contributed by atoms with Gasteiger partial charge in [-0.25, -0.2) is 0 Å². The molecule has 2 rings (SSSR count). The first-order valence-corrected chi connectivity index (χ1v) is 9.33. The molecule has 0 radical (unpaired) electrons. The van der Waals surface area contributed by atoms with Crippen LogP contribution in [0.25, 0.3) is 0 Å². The molecule has 8 heteroatoms. The largest absolute Gasteiger partial charge is 0.394 e. The Bertz CT molecular complexity index is 570. The van der Waals surface area contributed by atoms with Crippen LogP contribution < -0.4 is 0 Å². The first-order valence-electron chi connectivity index (χ1n) is 9.33. The minimum Gasteiger partial charge on any atom is -0.394 e. The molecule has 0 aromatic carbocycles. The highest BCUT2D eigenvalue weighted by Gasteiger charge is 2.47. The minimum atomic E-state index is -1.54. The first kappa shape index (κ1) is 22.4. The average Bonchev–Trinajstić information content (AvgIpc) is 2.57. The molecular weight excluding hydrogens is 356 g/mol. The molecule has 0 bridgehead atoms. The Balaban J connectivity index is 2.25. The van der Waals surface area contributed by atoms with Crippen molar-refractivity contribution in [3.63, 3.8) is 0 Å². The maximum atomic E-state index is 11.4. The van der Waals surface area contributed by atoms with Gasteiger partial charge in [-0.1, -0.05) is 19.4 Å². The second-order valence-corrected chi connectivity index (χ2v) is 8.27. The van der Waals surface area contributed by atoms with E-state index in [-0.39, 0.29) is 11.2 Å². The molecule has 0 unspecified atom stereocenters. The van der Waals surface area contributed by atoms with Crippen LogP contribution in [0.4, 0.5) is 0 Å². The highest BCUT2D eigenvalue weighted by atomic mass is 16.7. The second kappa shape index (κ2) is 8.65. The van der Waals surface area contributed by atoms with Crippen LogP contribution in [0.2, 0.25) is 0 Å². The lowest BCUT2D eigenvalue weighted by molar-refractivity contribution is -0.314. The van der Waals surface area contributed by atoms with Crippen LogP contribution >= 0.6 is 0 Å². The topological polar surface area (TPSA) is 137 Å². The number of carbonyl (C=O) groups is 1. The number of aliphatic hydroxyl groups is 5. The number of aliphatic hydroxyl groups excluding tert-OH is 5. The molecule has 1 aliphatic carbocycles. The van der Waals surface area contributed by atoms with Gasteiger partial charge < -0.3 is 39.8 Å². The van der Waals surface area contributed by atoms with Gasteiger partial charge >= 0.3 is 0 Å². The van der Waals surface area contributed by atoms with Crippen molar-refractivity contribution in [2.75, 3.05) is 6.61 Å². The molecule has 0 aromatic rings. The Morgan fingerprint density at radius 3 is 2.37 bits per heavy atom. The van der Waals surface area contributed by atoms with E-state index >= 15 is 0 Å². The second-order valence-electron chi connectivity index (χ2n) is 8.27. The predicted molar refractivity (Wildman–Crippen MR) is 95.7 cm³/mol. The van der Waals surface area contributed by atoms with E-state index in [1.807, 2.05) is 20.8 Å². The van der Waals surface area contributed by atoms with Crippen LogP contribution in [-0.2, 0) is 14.3 Å². The third kappa shape index (κ3) is 4.76. The van der Waals surface area contributed by atoms with E-state index in [9.17, 15) is 30.3 Å². The first-order chi connectivity index (χ1) is 12.5. The van der Waals surface area contributed by atoms with E-state index < -0.39 is 49.5 Å². The number of rotatable bonds is 6. The summed E-state index contributed by atoms with van der Waals surface area (Å²) in [6.45, 7) is 6.79. The Hall–Kier alpha value is -0.870. The number of hydrogen-bond donors (Lipinski definition) is 5. The lowest BCUT2D eigenvalue weighted by atomic mass is 9.69. The van der Waals surface area contributed by atoms with Gasteiger partial charge in [0, 0.05) is 6.42 Å². The fourth-order valence-electron chi connectivity index (χ4n) is 4.10. The van der Waals surface area contributed by atoms with Crippen molar-refractivity contribution < 1.29 is 39.8 Å². The van der Waals surface area contributed by atoms with Gasteiger partial charge in [0.2, 0.25) is 0 Å². The molecule has 0 aromatic heterocycles. The van der Waals surface area contributed by atoms with Gasteiger partial charge in [-0.05, 0) is 37.7 Å². The monoisotopic (exact) mass is 388 g/mol. The molecule has 1 fully saturated rings. The summed E-state index contributed by atoms with van der Waals surface area (Å²) in [6, 6.07) is 0.